The lowest BCUT2D eigenvalue weighted by molar-refractivity contribution is -0.140. The van der Waals surface area contributed by atoms with Gasteiger partial charge in [0, 0.05) is 12.4 Å². The Balaban J connectivity index is 3.06. The lowest BCUT2D eigenvalue weighted by Crippen LogP contribution is -2.40. The van der Waals surface area contributed by atoms with Crippen LogP contribution in [0.2, 0.25) is 10.0 Å². The van der Waals surface area contributed by atoms with Crippen molar-refractivity contribution < 1.29 is 18.0 Å². The number of rotatable bonds is 4. The topological polar surface area (TPSA) is 20.3 Å². The fourth-order valence-electron chi connectivity index (χ4n) is 1.43. The summed E-state index contributed by atoms with van der Waals surface area (Å²) in [5, 5.41) is -0.00139. The molecule has 0 atom stereocenters. The molecule has 0 fully saturated rings. The number of carbonyl (C=O) groups is 1. The minimum Gasteiger partial charge on any atom is -0.328 e. The van der Waals surface area contributed by atoms with Gasteiger partial charge in [-0.2, -0.15) is 13.2 Å². The van der Waals surface area contributed by atoms with Crippen LogP contribution >= 0.6 is 34.8 Å². The summed E-state index contributed by atoms with van der Waals surface area (Å²) in [5.41, 5.74) is -0.153. The Labute approximate surface area is 123 Å². The third-order valence-electron chi connectivity index (χ3n) is 2.19. The second kappa shape index (κ2) is 6.68. The van der Waals surface area contributed by atoms with Gasteiger partial charge in [-0.15, -0.1) is 11.6 Å². The van der Waals surface area contributed by atoms with E-state index >= 15 is 0 Å². The van der Waals surface area contributed by atoms with E-state index in [4.69, 9.17) is 34.8 Å². The molecule has 0 heterocycles. The molecule has 0 spiro atoms. The van der Waals surface area contributed by atoms with Gasteiger partial charge < -0.3 is 4.90 Å². The van der Waals surface area contributed by atoms with Crippen molar-refractivity contribution in [3.05, 3.63) is 33.8 Å². The monoisotopic (exact) mass is 333 g/mol. The van der Waals surface area contributed by atoms with Gasteiger partial charge in [0.1, 0.15) is 6.54 Å². The van der Waals surface area contributed by atoms with Crippen molar-refractivity contribution in [2.45, 2.75) is 6.18 Å². The van der Waals surface area contributed by atoms with E-state index in [0.717, 1.165) is 0 Å². The zero-order valence-electron chi connectivity index (χ0n) is 9.48. The summed E-state index contributed by atoms with van der Waals surface area (Å²) in [6.45, 7) is -1.65. The van der Waals surface area contributed by atoms with Crippen molar-refractivity contribution in [1.29, 1.82) is 0 Å². The highest BCUT2D eigenvalue weighted by molar-refractivity contribution is 6.39. The number of alkyl halides is 4. The van der Waals surface area contributed by atoms with E-state index in [1.54, 1.807) is 0 Å². The van der Waals surface area contributed by atoms with Crippen LogP contribution in [0, 0.1) is 0 Å². The van der Waals surface area contributed by atoms with Gasteiger partial charge in [-0.3, -0.25) is 4.79 Å². The summed E-state index contributed by atoms with van der Waals surface area (Å²) in [6, 6.07) is 4.26. The molecule has 0 radical (unpaired) electrons. The average molecular weight is 335 g/mol. The second-order valence-corrected chi connectivity index (χ2v) is 4.82. The van der Waals surface area contributed by atoms with Crippen LogP contribution in [0.5, 0.6) is 0 Å². The molecule has 0 N–H and O–H groups in total. The van der Waals surface area contributed by atoms with Crippen LogP contribution in [0.15, 0.2) is 18.2 Å². The molecule has 0 unspecified atom stereocenters. The summed E-state index contributed by atoms with van der Waals surface area (Å²) in [6.07, 6.45) is -4.52. The quantitative estimate of drug-likeness (QED) is 0.754. The smallest absolute Gasteiger partial charge is 0.328 e. The fraction of sp³-hybridized carbons (Fsp3) is 0.364. The average Bonchev–Trinajstić information content (AvgIpc) is 2.26. The molecule has 19 heavy (non-hydrogen) atoms. The summed E-state index contributed by atoms with van der Waals surface area (Å²) >= 11 is 17.0. The van der Waals surface area contributed by atoms with E-state index in [1.807, 2.05) is 0 Å². The zero-order valence-corrected chi connectivity index (χ0v) is 11.7. The Morgan fingerprint density at radius 3 is 2.16 bits per heavy atom. The maximum absolute atomic E-state index is 12.4. The second-order valence-electron chi connectivity index (χ2n) is 3.63. The molecular weight excluding hydrogens is 325 g/mol. The van der Waals surface area contributed by atoms with Crippen molar-refractivity contribution >= 4 is 40.7 Å². The van der Waals surface area contributed by atoms with Crippen LogP contribution < -0.4 is 0 Å². The lowest BCUT2D eigenvalue weighted by atomic mass is 10.2. The Bertz CT molecular complexity index is 445. The van der Waals surface area contributed by atoms with Gasteiger partial charge in [0.15, 0.2) is 0 Å². The van der Waals surface area contributed by atoms with E-state index in [-0.39, 0.29) is 28.0 Å². The van der Waals surface area contributed by atoms with Crippen LogP contribution in [0.25, 0.3) is 0 Å². The van der Waals surface area contributed by atoms with Crippen LogP contribution in [0.1, 0.15) is 10.4 Å². The Morgan fingerprint density at radius 2 is 1.74 bits per heavy atom. The molecule has 0 aromatic heterocycles. The molecule has 0 aliphatic rings. The molecule has 0 aliphatic heterocycles. The summed E-state index contributed by atoms with van der Waals surface area (Å²) in [4.78, 5) is 12.6. The predicted octanol–water partition coefficient (Wildman–Crippen LogP) is 4.24. The SMILES string of the molecule is O=C(c1c(Cl)cccc1Cl)N(CCCl)CC(F)(F)F. The molecule has 0 saturated carbocycles. The van der Waals surface area contributed by atoms with E-state index < -0.39 is 18.6 Å². The van der Waals surface area contributed by atoms with Crippen molar-refractivity contribution in [3.8, 4) is 0 Å². The molecular formula is C11H9Cl3F3NO. The molecule has 0 saturated heterocycles. The Morgan fingerprint density at radius 1 is 1.21 bits per heavy atom. The van der Waals surface area contributed by atoms with E-state index in [2.05, 4.69) is 0 Å². The maximum Gasteiger partial charge on any atom is 0.406 e. The maximum atomic E-state index is 12.4. The standard InChI is InChI=1S/C11H9Cl3F3NO/c12-4-5-18(6-11(15,16)17)10(19)9-7(13)2-1-3-8(9)14/h1-3H,4-6H2. The first-order valence-electron chi connectivity index (χ1n) is 5.12. The Kier molecular flexibility index (Phi) is 5.77. The third-order valence-corrected chi connectivity index (χ3v) is 2.99. The molecule has 1 aromatic rings. The number of carbonyl (C=O) groups excluding carboxylic acids is 1. The predicted molar refractivity (Wildman–Crippen MR) is 69.1 cm³/mol. The molecule has 1 amide bonds. The van der Waals surface area contributed by atoms with Gasteiger partial charge in [0.25, 0.3) is 5.91 Å². The first-order valence-corrected chi connectivity index (χ1v) is 6.41. The van der Waals surface area contributed by atoms with Gasteiger partial charge >= 0.3 is 6.18 Å². The van der Waals surface area contributed by atoms with Gasteiger partial charge in [-0.25, -0.2) is 0 Å². The van der Waals surface area contributed by atoms with E-state index in [9.17, 15) is 18.0 Å². The molecule has 1 aromatic carbocycles. The molecule has 0 aliphatic carbocycles. The lowest BCUT2D eigenvalue weighted by Gasteiger charge is -2.23. The molecule has 2 nitrogen and oxygen atoms in total. The number of hydrogen-bond acceptors (Lipinski definition) is 1. The minimum absolute atomic E-state index is 0.000697. The van der Waals surface area contributed by atoms with Gasteiger partial charge in [0.2, 0.25) is 0 Å². The number of benzene rings is 1. The zero-order chi connectivity index (χ0) is 14.6. The number of amides is 1. The van der Waals surface area contributed by atoms with E-state index in [1.165, 1.54) is 18.2 Å². The van der Waals surface area contributed by atoms with Crippen LogP contribution in [-0.2, 0) is 0 Å². The van der Waals surface area contributed by atoms with Gasteiger partial charge in [0.05, 0.1) is 15.6 Å². The van der Waals surface area contributed by atoms with Crippen LogP contribution in [0.3, 0.4) is 0 Å². The highest BCUT2D eigenvalue weighted by Crippen LogP contribution is 2.27. The molecule has 106 valence electrons. The number of halogens is 6. The summed E-state index contributed by atoms with van der Waals surface area (Å²) < 4.78 is 37.2. The van der Waals surface area contributed by atoms with Crippen LogP contribution in [0.4, 0.5) is 13.2 Å². The van der Waals surface area contributed by atoms with Gasteiger partial charge in [-0.05, 0) is 12.1 Å². The van der Waals surface area contributed by atoms with Crippen molar-refractivity contribution in [3.63, 3.8) is 0 Å². The number of hydrogen-bond donors (Lipinski definition) is 0. The highest BCUT2D eigenvalue weighted by Gasteiger charge is 2.34. The normalized spacial score (nSPS) is 11.5. The van der Waals surface area contributed by atoms with Gasteiger partial charge in [-0.1, -0.05) is 29.3 Å². The summed E-state index contributed by atoms with van der Waals surface area (Å²) in [7, 11) is 0. The van der Waals surface area contributed by atoms with E-state index in [0.29, 0.717) is 4.90 Å². The number of nitrogens with zero attached hydrogens (tertiary/aromatic N) is 1. The highest BCUT2D eigenvalue weighted by atomic mass is 35.5. The molecule has 1 rings (SSSR count). The van der Waals surface area contributed by atoms with Crippen LogP contribution in [-0.4, -0.2) is 36.0 Å². The molecule has 8 heteroatoms. The largest absolute Gasteiger partial charge is 0.406 e. The fourth-order valence-corrected chi connectivity index (χ4v) is 2.19. The summed E-state index contributed by atoms with van der Waals surface area (Å²) in [5.74, 6) is -1.02. The first kappa shape index (κ1) is 16.4. The van der Waals surface area contributed by atoms with Crippen molar-refractivity contribution in [2.75, 3.05) is 19.0 Å². The molecule has 0 bridgehead atoms. The van der Waals surface area contributed by atoms with Crippen molar-refractivity contribution in [2.24, 2.45) is 0 Å². The first-order chi connectivity index (χ1) is 8.76. The Hall–Kier alpha value is -0.650. The van der Waals surface area contributed by atoms with Crippen molar-refractivity contribution in [1.82, 2.24) is 4.90 Å². The minimum atomic E-state index is -4.52. The third kappa shape index (κ3) is 4.75.